The van der Waals surface area contributed by atoms with Crippen LogP contribution >= 0.6 is 23.1 Å². The average Bonchev–Trinajstić information content (AvgIpc) is 2.65. The molecule has 2 aromatic rings. The summed E-state index contributed by atoms with van der Waals surface area (Å²) in [6.07, 6.45) is 0. The fourth-order valence-electron chi connectivity index (χ4n) is 1.80. The zero-order valence-corrected chi connectivity index (χ0v) is 13.0. The second kappa shape index (κ2) is 6.54. The summed E-state index contributed by atoms with van der Waals surface area (Å²) in [6, 6.07) is 0. The normalized spacial score (nSPS) is 11.3. The first kappa shape index (κ1) is 14.6. The van der Waals surface area contributed by atoms with Crippen LogP contribution in [0.1, 0.15) is 23.2 Å². The summed E-state index contributed by atoms with van der Waals surface area (Å²) in [7, 11) is 0. The molecule has 6 heteroatoms. The minimum Gasteiger partial charge on any atom is -0.381 e. The summed E-state index contributed by atoms with van der Waals surface area (Å²) < 4.78 is 5.27. The lowest BCUT2D eigenvalue weighted by molar-refractivity contribution is 0.164. The average molecular weight is 298 g/mol. The predicted molar refractivity (Wildman–Crippen MR) is 82.4 cm³/mol. The summed E-state index contributed by atoms with van der Waals surface area (Å²) in [5, 5.41) is 0.741. The lowest BCUT2D eigenvalue weighted by Crippen LogP contribution is -2.11. The first-order valence-corrected chi connectivity index (χ1v) is 8.25. The molecule has 0 unspecified atom stereocenters. The van der Waals surface area contributed by atoms with Crippen molar-refractivity contribution in [2.45, 2.75) is 26.5 Å². The van der Waals surface area contributed by atoms with Crippen LogP contribution in [-0.4, -0.2) is 28.9 Å². The van der Waals surface area contributed by atoms with Crippen molar-refractivity contribution in [2.24, 2.45) is 0 Å². The molecule has 0 aliphatic heterocycles. The summed E-state index contributed by atoms with van der Waals surface area (Å²) in [4.78, 5) is 21.5. The van der Waals surface area contributed by atoms with Crippen LogP contribution in [0.2, 0.25) is 0 Å². The van der Waals surface area contributed by atoms with E-state index in [1.165, 1.54) is 0 Å². The van der Waals surface area contributed by atoms with Gasteiger partial charge in [0.2, 0.25) is 0 Å². The molecule has 0 saturated heterocycles. The van der Waals surface area contributed by atoms with E-state index in [2.05, 4.69) is 9.97 Å². The van der Waals surface area contributed by atoms with Crippen LogP contribution in [0.4, 0.5) is 0 Å². The van der Waals surface area contributed by atoms with Crippen molar-refractivity contribution in [1.29, 1.82) is 0 Å². The number of hydrogen-bond donors (Lipinski definition) is 1. The van der Waals surface area contributed by atoms with E-state index in [4.69, 9.17) is 4.74 Å². The third-order valence-electron chi connectivity index (χ3n) is 2.90. The molecular formula is C13H18N2O2S2. The van der Waals surface area contributed by atoms with E-state index in [1.807, 2.05) is 20.8 Å². The van der Waals surface area contributed by atoms with Crippen LogP contribution in [0, 0.1) is 13.8 Å². The Morgan fingerprint density at radius 3 is 2.95 bits per heavy atom. The van der Waals surface area contributed by atoms with Gasteiger partial charge in [-0.05, 0) is 26.3 Å². The van der Waals surface area contributed by atoms with Crippen molar-refractivity contribution >= 4 is 33.3 Å². The van der Waals surface area contributed by atoms with Gasteiger partial charge in [0, 0.05) is 17.2 Å². The molecule has 0 aliphatic rings. The maximum Gasteiger partial charge on any atom is 0.259 e. The number of nitrogens with zero attached hydrogens (tertiary/aromatic N) is 1. The highest BCUT2D eigenvalue weighted by molar-refractivity contribution is 7.98. The Labute approximate surface area is 120 Å². The third kappa shape index (κ3) is 3.38. The molecule has 0 fully saturated rings. The second-order valence-corrected chi connectivity index (χ2v) is 6.53. The molecular weight excluding hydrogens is 280 g/mol. The molecule has 4 nitrogen and oxygen atoms in total. The molecule has 0 spiro atoms. The molecule has 0 atom stereocenters. The maximum atomic E-state index is 12.0. The van der Waals surface area contributed by atoms with Gasteiger partial charge in [-0.1, -0.05) is 0 Å². The maximum absolute atomic E-state index is 12.0. The third-order valence-corrected chi connectivity index (χ3v) is 4.94. The zero-order valence-electron chi connectivity index (χ0n) is 11.4. The number of rotatable bonds is 6. The van der Waals surface area contributed by atoms with Crippen molar-refractivity contribution in [3.63, 3.8) is 0 Å². The number of hydrogen-bond acceptors (Lipinski definition) is 5. The van der Waals surface area contributed by atoms with Crippen molar-refractivity contribution in [3.05, 3.63) is 26.6 Å². The van der Waals surface area contributed by atoms with Crippen molar-refractivity contribution in [1.82, 2.24) is 9.97 Å². The molecule has 1 N–H and O–H groups in total. The van der Waals surface area contributed by atoms with E-state index in [0.29, 0.717) is 5.75 Å². The fourth-order valence-corrected chi connectivity index (χ4v) is 3.56. The van der Waals surface area contributed by atoms with Crippen LogP contribution in [0.5, 0.6) is 0 Å². The number of aryl methyl sites for hydroxylation is 2. The topological polar surface area (TPSA) is 55.0 Å². The van der Waals surface area contributed by atoms with Gasteiger partial charge in [-0.3, -0.25) is 4.79 Å². The molecule has 0 aromatic carbocycles. The number of aromatic nitrogens is 2. The first-order chi connectivity index (χ1) is 9.13. The fraction of sp³-hybridized carbons (Fsp3) is 0.538. The molecule has 104 valence electrons. The number of aromatic amines is 1. The number of H-pyrrole nitrogens is 1. The second-order valence-electron chi connectivity index (χ2n) is 4.23. The highest BCUT2D eigenvalue weighted by Gasteiger charge is 2.11. The Hall–Kier alpha value is -0.850. The highest BCUT2D eigenvalue weighted by atomic mass is 32.2. The Bertz CT molecular complexity index is 619. The quantitative estimate of drug-likeness (QED) is 0.833. The lowest BCUT2D eigenvalue weighted by Gasteiger charge is -2.02. The number of nitrogens with one attached hydrogen (secondary N) is 1. The van der Waals surface area contributed by atoms with Crippen LogP contribution in [0.25, 0.3) is 10.2 Å². The molecule has 0 amide bonds. The predicted octanol–water partition coefficient (Wildman–Crippen LogP) is 2.87. The Kier molecular flexibility index (Phi) is 5.01. The van der Waals surface area contributed by atoms with E-state index in [9.17, 15) is 4.79 Å². The minimum absolute atomic E-state index is 0.0211. The summed E-state index contributed by atoms with van der Waals surface area (Å²) in [5.41, 5.74) is 1.02. The van der Waals surface area contributed by atoms with E-state index in [1.54, 1.807) is 23.1 Å². The molecule has 0 aliphatic carbocycles. The smallest absolute Gasteiger partial charge is 0.259 e. The van der Waals surface area contributed by atoms with Gasteiger partial charge in [0.05, 0.1) is 17.7 Å². The Morgan fingerprint density at radius 1 is 1.42 bits per heavy atom. The summed E-state index contributed by atoms with van der Waals surface area (Å²) in [6.45, 7) is 7.47. The number of thioether (sulfide) groups is 1. The van der Waals surface area contributed by atoms with Gasteiger partial charge in [0.1, 0.15) is 10.7 Å². The standard InChI is InChI=1S/C13H18N2O2S2/c1-4-17-5-6-18-7-10-14-12(16)11-8(2)9(3)19-13(11)15-10/h4-7H2,1-3H3,(H,14,15,16). The SMILES string of the molecule is CCOCCSCc1nc2sc(C)c(C)c2c(=O)[nH]1. The summed E-state index contributed by atoms with van der Waals surface area (Å²) >= 11 is 3.31. The largest absolute Gasteiger partial charge is 0.381 e. The van der Waals surface area contributed by atoms with Crippen molar-refractivity contribution < 1.29 is 4.74 Å². The molecule has 2 rings (SSSR count). The van der Waals surface area contributed by atoms with Crippen LogP contribution in [-0.2, 0) is 10.5 Å². The van der Waals surface area contributed by atoms with Crippen molar-refractivity contribution in [2.75, 3.05) is 19.0 Å². The molecule has 0 radical (unpaired) electrons. The number of ether oxygens (including phenoxy) is 1. The lowest BCUT2D eigenvalue weighted by atomic mass is 10.2. The highest BCUT2D eigenvalue weighted by Crippen LogP contribution is 2.26. The zero-order chi connectivity index (χ0) is 13.8. The monoisotopic (exact) mass is 298 g/mol. The van der Waals surface area contributed by atoms with Gasteiger partial charge in [-0.15, -0.1) is 11.3 Å². The molecule has 0 bridgehead atoms. The Balaban J connectivity index is 2.11. The van der Waals surface area contributed by atoms with Crippen molar-refractivity contribution in [3.8, 4) is 0 Å². The van der Waals surface area contributed by atoms with Gasteiger partial charge in [-0.2, -0.15) is 11.8 Å². The van der Waals surface area contributed by atoms with E-state index in [0.717, 1.165) is 45.4 Å². The molecule has 2 aromatic heterocycles. The molecule has 2 heterocycles. The van der Waals surface area contributed by atoms with Gasteiger partial charge in [0.15, 0.2) is 0 Å². The van der Waals surface area contributed by atoms with Gasteiger partial charge < -0.3 is 9.72 Å². The van der Waals surface area contributed by atoms with Gasteiger partial charge in [-0.25, -0.2) is 4.98 Å². The van der Waals surface area contributed by atoms with Gasteiger partial charge >= 0.3 is 0 Å². The molecule has 0 saturated carbocycles. The van der Waals surface area contributed by atoms with E-state index < -0.39 is 0 Å². The van der Waals surface area contributed by atoms with Crippen LogP contribution in [0.3, 0.4) is 0 Å². The first-order valence-electron chi connectivity index (χ1n) is 6.27. The Morgan fingerprint density at radius 2 is 2.21 bits per heavy atom. The number of fused-ring (bicyclic) bond motifs is 1. The van der Waals surface area contributed by atoms with E-state index in [-0.39, 0.29) is 5.56 Å². The minimum atomic E-state index is -0.0211. The molecule has 19 heavy (non-hydrogen) atoms. The van der Waals surface area contributed by atoms with Gasteiger partial charge in [0.25, 0.3) is 5.56 Å². The van der Waals surface area contributed by atoms with E-state index >= 15 is 0 Å². The summed E-state index contributed by atoms with van der Waals surface area (Å²) in [5.74, 6) is 2.38. The van der Waals surface area contributed by atoms with Crippen LogP contribution in [0.15, 0.2) is 4.79 Å². The number of thiophene rings is 1. The van der Waals surface area contributed by atoms with Crippen LogP contribution < -0.4 is 5.56 Å².